The molecule has 0 unspecified atom stereocenters. The SMILES string of the molecule is O=C(C=Cc1ccc(S(=O)(=O)N2CCCCCC2)cc1)N(Cc1cccnc1)Cc1ccco1. The van der Waals surface area contributed by atoms with Gasteiger partial charge in [-0.25, -0.2) is 8.42 Å². The normalized spacial score (nSPS) is 15.3. The van der Waals surface area contributed by atoms with Crippen molar-refractivity contribution in [1.82, 2.24) is 14.2 Å². The van der Waals surface area contributed by atoms with Crippen molar-refractivity contribution in [1.29, 1.82) is 0 Å². The summed E-state index contributed by atoms with van der Waals surface area (Å²) in [5, 5.41) is 0. The first-order chi connectivity index (χ1) is 16.5. The van der Waals surface area contributed by atoms with Crippen molar-refractivity contribution in [2.24, 2.45) is 0 Å². The van der Waals surface area contributed by atoms with Crippen LogP contribution in [0.2, 0.25) is 0 Å². The first-order valence-corrected chi connectivity index (χ1v) is 12.9. The molecule has 1 amide bonds. The topological polar surface area (TPSA) is 83.7 Å². The largest absolute Gasteiger partial charge is 0.467 e. The van der Waals surface area contributed by atoms with Crippen LogP contribution >= 0.6 is 0 Å². The molecule has 3 heterocycles. The summed E-state index contributed by atoms with van der Waals surface area (Å²) in [6.45, 7) is 1.87. The average Bonchev–Trinajstić information content (AvgIpc) is 3.21. The molecule has 0 radical (unpaired) electrons. The molecule has 0 N–H and O–H groups in total. The van der Waals surface area contributed by atoms with Gasteiger partial charge in [-0.05, 0) is 60.4 Å². The summed E-state index contributed by atoms with van der Waals surface area (Å²) in [6, 6.07) is 14.1. The van der Waals surface area contributed by atoms with Crippen molar-refractivity contribution in [2.75, 3.05) is 13.1 Å². The van der Waals surface area contributed by atoms with Gasteiger partial charge in [0.05, 0.1) is 17.7 Å². The monoisotopic (exact) mass is 479 g/mol. The van der Waals surface area contributed by atoms with E-state index in [0.29, 0.717) is 31.9 Å². The summed E-state index contributed by atoms with van der Waals surface area (Å²) in [5.41, 5.74) is 1.67. The Morgan fingerprint density at radius 2 is 1.76 bits per heavy atom. The van der Waals surface area contributed by atoms with E-state index in [-0.39, 0.29) is 10.8 Å². The molecule has 3 aromatic rings. The zero-order valence-corrected chi connectivity index (χ0v) is 19.9. The third-order valence-corrected chi connectivity index (χ3v) is 7.75. The molecule has 1 aliphatic heterocycles. The standard InChI is InChI=1S/C26H29N3O4S/c30-26(28(21-24-8-6-18-33-24)20-23-7-5-15-27-19-23)14-11-22-9-12-25(13-10-22)34(31,32)29-16-3-1-2-4-17-29/h5-15,18-19H,1-4,16-17,20-21H2. The van der Waals surface area contributed by atoms with E-state index in [2.05, 4.69) is 4.98 Å². The van der Waals surface area contributed by atoms with Gasteiger partial charge in [0, 0.05) is 38.1 Å². The molecule has 0 aliphatic carbocycles. The lowest BCUT2D eigenvalue weighted by Gasteiger charge is -2.20. The minimum absolute atomic E-state index is 0.179. The van der Waals surface area contributed by atoms with E-state index in [0.717, 1.165) is 36.8 Å². The summed E-state index contributed by atoms with van der Waals surface area (Å²) in [7, 11) is -3.49. The number of furan rings is 1. The van der Waals surface area contributed by atoms with E-state index in [1.165, 1.54) is 6.08 Å². The molecule has 1 saturated heterocycles. The number of carbonyl (C=O) groups excluding carboxylic acids is 1. The molecule has 8 heteroatoms. The predicted molar refractivity (Wildman–Crippen MR) is 130 cm³/mol. The van der Waals surface area contributed by atoms with Crippen molar-refractivity contribution in [3.05, 3.63) is 90.2 Å². The summed E-state index contributed by atoms with van der Waals surface area (Å²) in [5.74, 6) is 0.509. The zero-order valence-electron chi connectivity index (χ0n) is 19.0. The fourth-order valence-corrected chi connectivity index (χ4v) is 5.49. The van der Waals surface area contributed by atoms with Gasteiger partial charge in [0.25, 0.3) is 0 Å². The van der Waals surface area contributed by atoms with Gasteiger partial charge in [-0.2, -0.15) is 4.31 Å². The summed E-state index contributed by atoms with van der Waals surface area (Å²) < 4.78 is 32.9. The number of carbonyl (C=O) groups is 1. The van der Waals surface area contributed by atoms with Crippen LogP contribution in [0.4, 0.5) is 0 Å². The Morgan fingerprint density at radius 3 is 2.41 bits per heavy atom. The molecule has 4 rings (SSSR count). The predicted octanol–water partition coefficient (Wildman–Crippen LogP) is 4.48. The quantitative estimate of drug-likeness (QED) is 0.445. The molecule has 2 aromatic heterocycles. The highest BCUT2D eigenvalue weighted by molar-refractivity contribution is 7.89. The third-order valence-electron chi connectivity index (χ3n) is 5.84. The Morgan fingerprint density at radius 1 is 1.00 bits per heavy atom. The molecule has 1 aliphatic rings. The molecular weight excluding hydrogens is 450 g/mol. The van der Waals surface area contributed by atoms with E-state index in [9.17, 15) is 13.2 Å². The second kappa shape index (κ2) is 11.3. The van der Waals surface area contributed by atoms with Crippen molar-refractivity contribution >= 4 is 22.0 Å². The van der Waals surface area contributed by atoms with Crippen LogP contribution in [0.1, 0.15) is 42.6 Å². The van der Waals surface area contributed by atoms with Gasteiger partial charge in [-0.1, -0.05) is 31.0 Å². The maximum atomic E-state index is 13.0. The van der Waals surface area contributed by atoms with Crippen molar-refractivity contribution in [2.45, 2.75) is 43.7 Å². The fraction of sp³-hybridized carbons (Fsp3) is 0.308. The molecule has 1 aromatic carbocycles. The maximum absolute atomic E-state index is 13.0. The minimum Gasteiger partial charge on any atom is -0.467 e. The van der Waals surface area contributed by atoms with Crippen LogP contribution in [0, 0.1) is 0 Å². The van der Waals surface area contributed by atoms with E-state index < -0.39 is 10.0 Å². The van der Waals surface area contributed by atoms with E-state index in [1.807, 2.05) is 18.2 Å². The molecule has 1 fully saturated rings. The lowest BCUT2D eigenvalue weighted by atomic mass is 10.2. The second-order valence-corrected chi connectivity index (χ2v) is 10.3. The minimum atomic E-state index is -3.49. The fourth-order valence-electron chi connectivity index (χ4n) is 3.97. The number of hydrogen-bond acceptors (Lipinski definition) is 5. The number of pyridine rings is 1. The third kappa shape index (κ3) is 6.21. The number of aromatic nitrogens is 1. The smallest absolute Gasteiger partial charge is 0.247 e. The Labute approximate surface area is 200 Å². The Balaban J connectivity index is 1.45. The first kappa shape index (κ1) is 23.9. The number of nitrogens with zero attached hydrogens (tertiary/aromatic N) is 3. The number of rotatable bonds is 8. The molecule has 7 nitrogen and oxygen atoms in total. The zero-order chi connectivity index (χ0) is 23.8. The first-order valence-electron chi connectivity index (χ1n) is 11.5. The summed E-state index contributed by atoms with van der Waals surface area (Å²) >= 11 is 0. The van der Waals surface area contributed by atoms with Gasteiger partial charge >= 0.3 is 0 Å². The molecule has 0 atom stereocenters. The molecule has 0 saturated carbocycles. The van der Waals surface area contributed by atoms with E-state index in [4.69, 9.17) is 4.42 Å². The van der Waals surface area contributed by atoms with Crippen molar-refractivity contribution in [3.8, 4) is 0 Å². The lowest BCUT2D eigenvalue weighted by Crippen LogP contribution is -2.31. The average molecular weight is 480 g/mol. The Kier molecular flexibility index (Phi) is 7.92. The number of amides is 1. The molecule has 0 spiro atoms. The molecular formula is C26H29N3O4S. The highest BCUT2D eigenvalue weighted by Gasteiger charge is 2.24. The second-order valence-electron chi connectivity index (χ2n) is 8.36. The highest BCUT2D eigenvalue weighted by atomic mass is 32.2. The molecule has 0 bridgehead atoms. The number of sulfonamides is 1. The van der Waals surface area contributed by atoms with Crippen LogP contribution in [0.3, 0.4) is 0 Å². The van der Waals surface area contributed by atoms with Gasteiger partial charge in [-0.3, -0.25) is 9.78 Å². The number of benzene rings is 1. The van der Waals surface area contributed by atoms with Gasteiger partial charge in [0.2, 0.25) is 15.9 Å². The van der Waals surface area contributed by atoms with Gasteiger partial charge in [0.15, 0.2) is 0 Å². The molecule has 34 heavy (non-hydrogen) atoms. The van der Waals surface area contributed by atoms with Gasteiger partial charge in [-0.15, -0.1) is 0 Å². The Hall–Kier alpha value is -3.23. The van der Waals surface area contributed by atoms with Crippen LogP contribution in [-0.4, -0.2) is 41.6 Å². The summed E-state index contributed by atoms with van der Waals surface area (Å²) in [6.07, 6.45) is 12.1. The van der Waals surface area contributed by atoms with E-state index in [1.54, 1.807) is 64.3 Å². The van der Waals surface area contributed by atoms with Crippen molar-refractivity contribution in [3.63, 3.8) is 0 Å². The van der Waals surface area contributed by atoms with Crippen LogP contribution in [0.5, 0.6) is 0 Å². The van der Waals surface area contributed by atoms with Crippen molar-refractivity contribution < 1.29 is 17.6 Å². The Bertz CT molecular complexity index is 1180. The van der Waals surface area contributed by atoms with Crippen LogP contribution < -0.4 is 0 Å². The van der Waals surface area contributed by atoms with Gasteiger partial charge < -0.3 is 9.32 Å². The summed E-state index contributed by atoms with van der Waals surface area (Å²) in [4.78, 5) is 19.1. The van der Waals surface area contributed by atoms with Crippen LogP contribution in [0.25, 0.3) is 6.08 Å². The lowest BCUT2D eigenvalue weighted by molar-refractivity contribution is -0.127. The van der Waals surface area contributed by atoms with Crippen LogP contribution in [0.15, 0.2) is 82.6 Å². The van der Waals surface area contributed by atoms with E-state index >= 15 is 0 Å². The highest BCUT2D eigenvalue weighted by Crippen LogP contribution is 2.21. The molecule has 178 valence electrons. The maximum Gasteiger partial charge on any atom is 0.247 e. The van der Waals surface area contributed by atoms with Crippen LogP contribution in [-0.2, 0) is 27.9 Å². The van der Waals surface area contributed by atoms with Gasteiger partial charge in [0.1, 0.15) is 5.76 Å². The number of hydrogen-bond donors (Lipinski definition) is 0.